The summed E-state index contributed by atoms with van der Waals surface area (Å²) in [5.74, 6) is 1.92. The quantitative estimate of drug-likeness (QED) is 0.765. The molecular weight excluding hydrogens is 246 g/mol. The smallest absolute Gasteiger partial charge is 0.224 e. The third-order valence-electron chi connectivity index (χ3n) is 4.43. The van der Waals surface area contributed by atoms with Crippen molar-refractivity contribution in [3.8, 4) is 0 Å². The van der Waals surface area contributed by atoms with Gasteiger partial charge in [-0.3, -0.25) is 0 Å². The second kappa shape index (κ2) is 5.04. The second-order valence-corrected chi connectivity index (χ2v) is 5.93. The zero-order valence-corrected chi connectivity index (χ0v) is 11.7. The van der Waals surface area contributed by atoms with Crippen LogP contribution in [0.25, 0.3) is 0 Å². The van der Waals surface area contributed by atoms with Crippen molar-refractivity contribution in [1.82, 2.24) is 9.97 Å². The first-order valence-electron chi connectivity index (χ1n) is 7.01. The van der Waals surface area contributed by atoms with Crippen molar-refractivity contribution >= 4 is 17.4 Å². The van der Waals surface area contributed by atoms with E-state index in [1.165, 1.54) is 38.5 Å². The van der Waals surface area contributed by atoms with Gasteiger partial charge in [0.1, 0.15) is 5.82 Å². The van der Waals surface area contributed by atoms with Gasteiger partial charge >= 0.3 is 0 Å². The minimum Gasteiger partial charge on any atom is -0.353 e. The number of hydrogen-bond donors (Lipinski definition) is 0. The Labute approximate surface area is 114 Å². The molecule has 0 radical (unpaired) electrons. The fourth-order valence-corrected chi connectivity index (χ4v) is 3.72. The third kappa shape index (κ3) is 2.20. The minimum atomic E-state index is 0.368. The fraction of sp³-hybridized carbons (Fsp3) is 0.714. The molecule has 1 saturated carbocycles. The van der Waals surface area contributed by atoms with Gasteiger partial charge in [-0.2, -0.15) is 0 Å². The summed E-state index contributed by atoms with van der Waals surface area (Å²) in [5, 5.41) is 0.368. The predicted octanol–water partition coefficient (Wildman–Crippen LogP) is 3.60. The highest BCUT2D eigenvalue weighted by Gasteiger charge is 2.34. The lowest BCUT2D eigenvalue weighted by molar-refractivity contribution is 0.429. The van der Waals surface area contributed by atoms with E-state index >= 15 is 0 Å². The molecule has 1 aromatic heterocycles. The molecule has 1 atom stereocenters. The van der Waals surface area contributed by atoms with Crippen LogP contribution in [0.5, 0.6) is 0 Å². The van der Waals surface area contributed by atoms with E-state index < -0.39 is 0 Å². The molecule has 0 N–H and O–H groups in total. The van der Waals surface area contributed by atoms with E-state index in [0.717, 1.165) is 23.8 Å². The van der Waals surface area contributed by atoms with E-state index in [-0.39, 0.29) is 0 Å². The molecule has 0 bridgehead atoms. The van der Waals surface area contributed by atoms with E-state index in [1.54, 1.807) is 0 Å². The molecular formula is C14H20ClN3. The highest BCUT2D eigenvalue weighted by atomic mass is 35.5. The molecule has 1 aromatic rings. The topological polar surface area (TPSA) is 29.0 Å². The summed E-state index contributed by atoms with van der Waals surface area (Å²) in [6, 6.07) is 0.678. The van der Waals surface area contributed by atoms with Crippen molar-refractivity contribution in [2.75, 3.05) is 11.4 Å². The van der Waals surface area contributed by atoms with Crippen molar-refractivity contribution < 1.29 is 0 Å². The van der Waals surface area contributed by atoms with Gasteiger partial charge in [-0.15, -0.1) is 0 Å². The first kappa shape index (κ1) is 12.2. The SMILES string of the molecule is Cc1cnc(Cl)nc1N1CCCC1C1CCCC1. The summed E-state index contributed by atoms with van der Waals surface area (Å²) >= 11 is 5.95. The molecule has 1 aliphatic carbocycles. The molecule has 98 valence electrons. The van der Waals surface area contributed by atoms with Crippen molar-refractivity contribution in [3.05, 3.63) is 17.0 Å². The molecule has 2 aliphatic rings. The number of halogens is 1. The van der Waals surface area contributed by atoms with E-state index in [2.05, 4.69) is 21.8 Å². The van der Waals surface area contributed by atoms with Gasteiger partial charge in [0.2, 0.25) is 5.28 Å². The maximum absolute atomic E-state index is 5.95. The van der Waals surface area contributed by atoms with Gasteiger partial charge in [0.15, 0.2) is 0 Å². The van der Waals surface area contributed by atoms with E-state index in [9.17, 15) is 0 Å². The average Bonchev–Trinajstić information content (AvgIpc) is 3.00. The number of aromatic nitrogens is 2. The largest absolute Gasteiger partial charge is 0.353 e. The zero-order valence-electron chi connectivity index (χ0n) is 10.9. The lowest BCUT2D eigenvalue weighted by Gasteiger charge is -2.31. The zero-order chi connectivity index (χ0) is 12.5. The Bertz CT molecular complexity index is 429. The highest BCUT2D eigenvalue weighted by Crippen LogP contribution is 2.38. The Morgan fingerprint density at radius 1 is 1.22 bits per heavy atom. The van der Waals surface area contributed by atoms with Crippen molar-refractivity contribution in [2.24, 2.45) is 5.92 Å². The summed E-state index contributed by atoms with van der Waals surface area (Å²) in [4.78, 5) is 11.0. The highest BCUT2D eigenvalue weighted by molar-refractivity contribution is 6.28. The fourth-order valence-electron chi connectivity index (χ4n) is 3.59. The van der Waals surface area contributed by atoms with Crippen molar-refractivity contribution in [2.45, 2.75) is 51.5 Å². The molecule has 1 aliphatic heterocycles. The van der Waals surface area contributed by atoms with Crippen LogP contribution in [0.4, 0.5) is 5.82 Å². The van der Waals surface area contributed by atoms with Crippen LogP contribution in [0.1, 0.15) is 44.1 Å². The Morgan fingerprint density at radius 3 is 2.78 bits per heavy atom. The number of aryl methyl sites for hydroxylation is 1. The van der Waals surface area contributed by atoms with Gasteiger partial charge in [0.05, 0.1) is 0 Å². The van der Waals surface area contributed by atoms with Crippen molar-refractivity contribution in [3.63, 3.8) is 0 Å². The summed E-state index contributed by atoms with van der Waals surface area (Å²) in [6.45, 7) is 3.20. The van der Waals surface area contributed by atoms with Crippen LogP contribution in [0.2, 0.25) is 5.28 Å². The van der Waals surface area contributed by atoms with Crippen LogP contribution in [-0.4, -0.2) is 22.6 Å². The normalized spacial score (nSPS) is 25.0. The van der Waals surface area contributed by atoms with Gasteiger partial charge in [-0.1, -0.05) is 12.8 Å². The van der Waals surface area contributed by atoms with Crippen LogP contribution >= 0.6 is 11.6 Å². The predicted molar refractivity (Wildman–Crippen MR) is 74.1 cm³/mol. The van der Waals surface area contributed by atoms with Crippen LogP contribution in [0.3, 0.4) is 0 Å². The summed E-state index contributed by atoms with van der Waals surface area (Å²) in [7, 11) is 0. The lowest BCUT2D eigenvalue weighted by atomic mass is 9.96. The lowest BCUT2D eigenvalue weighted by Crippen LogP contribution is -2.35. The number of anilines is 1. The van der Waals surface area contributed by atoms with Gasteiger partial charge < -0.3 is 4.90 Å². The van der Waals surface area contributed by atoms with Gasteiger partial charge in [0.25, 0.3) is 0 Å². The van der Waals surface area contributed by atoms with E-state index in [1.807, 2.05) is 6.20 Å². The molecule has 3 rings (SSSR count). The Kier molecular flexibility index (Phi) is 3.42. The second-order valence-electron chi connectivity index (χ2n) is 5.59. The summed E-state index contributed by atoms with van der Waals surface area (Å²) in [5.41, 5.74) is 1.14. The van der Waals surface area contributed by atoms with Crippen LogP contribution < -0.4 is 4.90 Å². The number of hydrogen-bond acceptors (Lipinski definition) is 3. The molecule has 3 nitrogen and oxygen atoms in total. The number of nitrogens with zero attached hydrogens (tertiary/aromatic N) is 3. The Balaban J connectivity index is 1.87. The van der Waals surface area contributed by atoms with Crippen LogP contribution in [0, 0.1) is 12.8 Å². The first-order chi connectivity index (χ1) is 8.75. The molecule has 4 heteroatoms. The average molecular weight is 266 g/mol. The van der Waals surface area contributed by atoms with E-state index in [4.69, 9.17) is 11.6 Å². The summed E-state index contributed by atoms with van der Waals surface area (Å²) < 4.78 is 0. The minimum absolute atomic E-state index is 0.368. The van der Waals surface area contributed by atoms with Gasteiger partial charge in [-0.05, 0) is 50.1 Å². The maximum atomic E-state index is 5.95. The maximum Gasteiger partial charge on any atom is 0.224 e. The number of rotatable bonds is 2. The van der Waals surface area contributed by atoms with Gasteiger partial charge in [-0.25, -0.2) is 9.97 Å². The molecule has 1 saturated heterocycles. The molecule has 2 fully saturated rings. The third-order valence-corrected chi connectivity index (χ3v) is 4.61. The first-order valence-corrected chi connectivity index (χ1v) is 7.39. The molecule has 0 aromatic carbocycles. The standard InChI is InChI=1S/C14H20ClN3/c1-10-9-16-14(15)17-13(10)18-8-4-7-12(18)11-5-2-3-6-11/h9,11-12H,2-8H2,1H3. The van der Waals surface area contributed by atoms with E-state index in [0.29, 0.717) is 11.3 Å². The van der Waals surface area contributed by atoms with Crippen LogP contribution in [0.15, 0.2) is 6.20 Å². The molecule has 0 spiro atoms. The van der Waals surface area contributed by atoms with Crippen molar-refractivity contribution in [1.29, 1.82) is 0 Å². The monoisotopic (exact) mass is 265 g/mol. The summed E-state index contributed by atoms with van der Waals surface area (Å²) in [6.07, 6.45) is 10.0. The Hall–Kier alpha value is -0.830. The van der Waals surface area contributed by atoms with Crippen LogP contribution in [-0.2, 0) is 0 Å². The van der Waals surface area contributed by atoms with Gasteiger partial charge in [0, 0.05) is 24.3 Å². The molecule has 0 amide bonds. The molecule has 1 unspecified atom stereocenters. The Morgan fingerprint density at radius 2 is 2.00 bits per heavy atom. The molecule has 2 heterocycles. The molecule has 18 heavy (non-hydrogen) atoms.